The van der Waals surface area contributed by atoms with Crippen LogP contribution in [0.1, 0.15) is 44.4 Å². The van der Waals surface area contributed by atoms with Crippen LogP contribution in [0.2, 0.25) is 0 Å². The molecule has 0 spiro atoms. The van der Waals surface area contributed by atoms with Gasteiger partial charge in [-0.25, -0.2) is 4.39 Å². The van der Waals surface area contributed by atoms with Crippen LogP contribution in [-0.2, 0) is 5.54 Å². The van der Waals surface area contributed by atoms with Crippen molar-refractivity contribution < 1.29 is 9.13 Å². The highest BCUT2D eigenvalue weighted by molar-refractivity contribution is 5.99. The minimum atomic E-state index is -0.566. The van der Waals surface area contributed by atoms with Crippen molar-refractivity contribution in [3.63, 3.8) is 0 Å². The molecule has 0 atom stereocenters. The Kier molecular flexibility index (Phi) is 3.62. The normalized spacial score (nSPS) is 16.7. The number of methoxy groups -OCH3 is 1. The lowest BCUT2D eigenvalue weighted by Crippen LogP contribution is -2.36. The average molecular weight is 417 g/mol. The van der Waals surface area contributed by atoms with Crippen LogP contribution in [0, 0.1) is 12.7 Å². The summed E-state index contributed by atoms with van der Waals surface area (Å²) in [4.78, 5) is 0. The van der Waals surface area contributed by atoms with Gasteiger partial charge in [-0.15, -0.1) is 10.2 Å². The van der Waals surface area contributed by atoms with Gasteiger partial charge < -0.3 is 14.6 Å². The molecule has 0 unspecified atom stereocenters. The molecule has 31 heavy (non-hydrogen) atoms. The minimum Gasteiger partial charge on any atom is -0.494 e. The molecule has 1 aliphatic heterocycles. The first kappa shape index (κ1) is 18.4. The minimum absolute atomic E-state index is 0.319. The van der Waals surface area contributed by atoms with Crippen molar-refractivity contribution >= 4 is 16.6 Å². The van der Waals surface area contributed by atoms with Gasteiger partial charge in [-0.05, 0) is 45.7 Å². The van der Waals surface area contributed by atoms with E-state index in [2.05, 4.69) is 44.5 Å². The summed E-state index contributed by atoms with van der Waals surface area (Å²) in [6, 6.07) is 10.4. The maximum atomic E-state index is 15.6. The van der Waals surface area contributed by atoms with Gasteiger partial charge in [0.2, 0.25) is 0 Å². The first-order valence-corrected chi connectivity index (χ1v) is 10.6. The van der Waals surface area contributed by atoms with E-state index in [-0.39, 0.29) is 5.82 Å². The van der Waals surface area contributed by atoms with Crippen LogP contribution in [-0.4, -0.2) is 26.4 Å². The third-order valence-corrected chi connectivity index (χ3v) is 6.43. The first-order valence-electron chi connectivity index (χ1n) is 10.6. The molecule has 158 valence electrons. The summed E-state index contributed by atoms with van der Waals surface area (Å²) in [5, 5.41) is 13.1. The predicted molar refractivity (Wildman–Crippen MR) is 118 cm³/mol. The Bertz CT molecular complexity index is 1360. The molecule has 2 aromatic heterocycles. The lowest BCUT2D eigenvalue weighted by molar-refractivity contribution is 0.409. The van der Waals surface area contributed by atoms with E-state index in [4.69, 9.17) is 4.74 Å². The van der Waals surface area contributed by atoms with Crippen molar-refractivity contribution in [1.82, 2.24) is 19.3 Å². The van der Waals surface area contributed by atoms with Gasteiger partial charge in [0.15, 0.2) is 11.6 Å². The number of benzene rings is 2. The molecule has 1 aliphatic carbocycles. The van der Waals surface area contributed by atoms with Gasteiger partial charge >= 0.3 is 0 Å². The van der Waals surface area contributed by atoms with Crippen molar-refractivity contribution in [3.8, 4) is 22.6 Å². The van der Waals surface area contributed by atoms with Gasteiger partial charge in [0.1, 0.15) is 17.3 Å². The Morgan fingerprint density at radius 1 is 1.16 bits per heavy atom. The molecule has 7 heteroatoms. The van der Waals surface area contributed by atoms with Crippen molar-refractivity contribution in [2.24, 2.45) is 0 Å². The summed E-state index contributed by atoms with van der Waals surface area (Å²) in [5.74, 6) is 1.72. The van der Waals surface area contributed by atoms with Crippen LogP contribution in [0.15, 0.2) is 36.5 Å². The largest absolute Gasteiger partial charge is 0.494 e. The van der Waals surface area contributed by atoms with Gasteiger partial charge in [0.05, 0.1) is 18.3 Å². The summed E-state index contributed by atoms with van der Waals surface area (Å²) in [5.41, 5.74) is 3.34. The Morgan fingerprint density at radius 2 is 1.94 bits per heavy atom. The van der Waals surface area contributed by atoms with E-state index in [0.717, 1.165) is 22.3 Å². The number of nitrogens with one attached hydrogen (secondary N) is 1. The summed E-state index contributed by atoms with van der Waals surface area (Å²) >= 11 is 0. The summed E-state index contributed by atoms with van der Waals surface area (Å²) in [7, 11) is 1.64. The molecule has 2 aliphatic rings. The molecular formula is C24H24FN5O. The van der Waals surface area contributed by atoms with Gasteiger partial charge in [-0.1, -0.05) is 18.2 Å². The lowest BCUT2D eigenvalue weighted by Gasteiger charge is -2.35. The number of halogens is 1. The van der Waals surface area contributed by atoms with Crippen LogP contribution in [0.3, 0.4) is 0 Å². The second-order valence-electron chi connectivity index (χ2n) is 9.02. The van der Waals surface area contributed by atoms with Crippen molar-refractivity contribution in [2.45, 2.75) is 45.2 Å². The van der Waals surface area contributed by atoms with Crippen molar-refractivity contribution in [3.05, 3.63) is 54.0 Å². The smallest absolute Gasteiger partial charge is 0.162 e. The number of fused-ring (bicyclic) bond motifs is 4. The molecule has 0 bridgehead atoms. The number of anilines is 1. The van der Waals surface area contributed by atoms with E-state index < -0.39 is 5.54 Å². The first-order chi connectivity index (χ1) is 14.9. The van der Waals surface area contributed by atoms with E-state index in [0.29, 0.717) is 29.0 Å². The standard InChI is InChI=1S/C24H24FN5O/c1-13-27-28-23-24(2,3)26-20-18(25)11-16(22(31-4)21(20)30(13)23)17-12-29(14-9-10-14)19-8-6-5-7-15(17)19/h5-8,11-12,14,26H,9-10H2,1-4H3. The van der Waals surface area contributed by atoms with E-state index in [1.807, 2.05) is 31.4 Å². The maximum Gasteiger partial charge on any atom is 0.162 e. The quantitative estimate of drug-likeness (QED) is 0.489. The maximum absolute atomic E-state index is 15.6. The number of ether oxygens (including phenoxy) is 1. The van der Waals surface area contributed by atoms with Crippen LogP contribution in [0.5, 0.6) is 5.75 Å². The molecule has 0 saturated heterocycles. The lowest BCUT2D eigenvalue weighted by atomic mass is 9.96. The number of para-hydroxylation sites is 1. The van der Waals surface area contributed by atoms with E-state index in [1.54, 1.807) is 13.2 Å². The van der Waals surface area contributed by atoms with Gasteiger partial charge in [-0.3, -0.25) is 4.57 Å². The fourth-order valence-corrected chi connectivity index (χ4v) is 4.83. The van der Waals surface area contributed by atoms with Gasteiger partial charge in [0, 0.05) is 34.3 Å². The second-order valence-corrected chi connectivity index (χ2v) is 9.02. The topological polar surface area (TPSA) is 56.9 Å². The average Bonchev–Trinajstić information content (AvgIpc) is 3.40. The number of hydrogen-bond donors (Lipinski definition) is 1. The molecule has 1 saturated carbocycles. The number of nitrogens with zero attached hydrogens (tertiary/aromatic N) is 4. The highest BCUT2D eigenvalue weighted by Crippen LogP contribution is 2.49. The van der Waals surface area contributed by atoms with E-state index >= 15 is 4.39 Å². The van der Waals surface area contributed by atoms with E-state index in [9.17, 15) is 0 Å². The zero-order valence-electron chi connectivity index (χ0n) is 18.0. The molecule has 6 nitrogen and oxygen atoms in total. The molecule has 6 rings (SSSR count). The predicted octanol–water partition coefficient (Wildman–Crippen LogP) is 5.34. The Hall–Kier alpha value is -3.35. The van der Waals surface area contributed by atoms with Crippen molar-refractivity contribution in [2.75, 3.05) is 12.4 Å². The van der Waals surface area contributed by atoms with Crippen molar-refractivity contribution in [1.29, 1.82) is 0 Å². The molecule has 0 amide bonds. The number of hydrogen-bond acceptors (Lipinski definition) is 4. The third-order valence-electron chi connectivity index (χ3n) is 6.43. The second kappa shape index (κ2) is 6.09. The summed E-state index contributed by atoms with van der Waals surface area (Å²) in [6.07, 6.45) is 4.50. The molecular weight excluding hydrogens is 393 g/mol. The fraction of sp³-hybridized carbons (Fsp3) is 0.333. The van der Waals surface area contributed by atoms with Crippen LogP contribution in [0.4, 0.5) is 10.1 Å². The Balaban J connectivity index is 1.69. The zero-order chi connectivity index (χ0) is 21.5. The number of rotatable bonds is 3. The van der Waals surface area contributed by atoms with E-state index in [1.165, 1.54) is 18.4 Å². The molecule has 4 aromatic rings. The monoisotopic (exact) mass is 417 g/mol. The van der Waals surface area contributed by atoms with Crippen LogP contribution < -0.4 is 10.1 Å². The highest BCUT2D eigenvalue weighted by Gasteiger charge is 2.38. The summed E-state index contributed by atoms with van der Waals surface area (Å²) < 4.78 is 25.8. The molecule has 0 radical (unpaired) electrons. The fourth-order valence-electron chi connectivity index (χ4n) is 4.83. The number of aryl methyl sites for hydroxylation is 1. The number of aromatic nitrogens is 4. The summed E-state index contributed by atoms with van der Waals surface area (Å²) in [6.45, 7) is 5.82. The molecule has 3 heterocycles. The molecule has 2 aromatic carbocycles. The molecule has 1 N–H and O–H groups in total. The third kappa shape index (κ3) is 2.49. The van der Waals surface area contributed by atoms with Crippen LogP contribution in [0.25, 0.3) is 27.7 Å². The highest BCUT2D eigenvalue weighted by atomic mass is 19.1. The van der Waals surface area contributed by atoms with Crippen LogP contribution >= 0.6 is 0 Å². The zero-order valence-corrected chi connectivity index (χ0v) is 18.0. The SMILES string of the molecule is COc1c(-c2cn(C3CC3)c3ccccc23)cc(F)c2c1-n1c(C)nnc1C(C)(C)N2. The molecule has 1 fully saturated rings. The Morgan fingerprint density at radius 3 is 2.68 bits per heavy atom. The van der Waals surface area contributed by atoms with Gasteiger partial charge in [-0.2, -0.15) is 0 Å². The van der Waals surface area contributed by atoms with Gasteiger partial charge in [0.25, 0.3) is 0 Å². The Labute approximate surface area is 179 Å².